The van der Waals surface area contributed by atoms with Crippen LogP contribution in [0.5, 0.6) is 5.75 Å². The minimum atomic E-state index is -0.680. The number of rotatable bonds is 7. The summed E-state index contributed by atoms with van der Waals surface area (Å²) < 4.78 is 6.98. The third-order valence-electron chi connectivity index (χ3n) is 6.86. The van der Waals surface area contributed by atoms with E-state index in [1.165, 1.54) is 13.0 Å². The van der Waals surface area contributed by atoms with Crippen LogP contribution in [0.4, 0.5) is 0 Å². The molecule has 2 aliphatic rings. The number of pyridine rings is 1. The summed E-state index contributed by atoms with van der Waals surface area (Å²) in [6.07, 6.45) is 5.70. The number of aromatic nitrogens is 1. The van der Waals surface area contributed by atoms with Crippen molar-refractivity contribution in [2.45, 2.75) is 64.5 Å². The lowest BCUT2D eigenvalue weighted by atomic mass is 9.83. The zero-order valence-electron chi connectivity index (χ0n) is 19.2. The summed E-state index contributed by atoms with van der Waals surface area (Å²) >= 11 is 7.02. The first-order valence-electron chi connectivity index (χ1n) is 11.5. The molecule has 1 unspecified atom stereocenters. The zero-order chi connectivity index (χ0) is 23.9. The van der Waals surface area contributed by atoms with Crippen molar-refractivity contribution in [3.8, 4) is 5.75 Å². The number of benzene rings is 1. The maximum Gasteiger partial charge on any atom is 0.343 e. The molecule has 2 heterocycles. The highest BCUT2D eigenvalue weighted by Crippen LogP contribution is 2.50. The molecule has 9 heteroatoms. The van der Waals surface area contributed by atoms with Crippen molar-refractivity contribution in [3.63, 3.8) is 0 Å². The Hall–Kier alpha value is -2.58. The van der Waals surface area contributed by atoms with Gasteiger partial charge in [-0.05, 0) is 45.1 Å². The molecule has 33 heavy (non-hydrogen) atoms. The maximum atomic E-state index is 13.2. The van der Waals surface area contributed by atoms with Crippen LogP contribution in [0, 0.1) is 0 Å². The van der Waals surface area contributed by atoms with E-state index in [0.29, 0.717) is 29.2 Å². The number of phenols is 1. The summed E-state index contributed by atoms with van der Waals surface area (Å²) in [4.78, 5) is 39.4. The molecule has 1 amide bonds. The van der Waals surface area contributed by atoms with Crippen molar-refractivity contribution in [2.24, 2.45) is 0 Å². The number of esters is 1. The van der Waals surface area contributed by atoms with E-state index in [9.17, 15) is 19.5 Å². The summed E-state index contributed by atoms with van der Waals surface area (Å²) in [7, 11) is 0. The number of carbonyl (C=O) groups is 2. The molecule has 1 saturated heterocycles. The Morgan fingerprint density at radius 2 is 2.06 bits per heavy atom. The lowest BCUT2D eigenvalue weighted by molar-refractivity contribution is -0.120. The fourth-order valence-corrected chi connectivity index (χ4v) is 5.60. The molecule has 0 spiro atoms. The van der Waals surface area contributed by atoms with Crippen LogP contribution in [0.2, 0.25) is 5.02 Å². The number of hydrogen-bond donors (Lipinski definition) is 2. The van der Waals surface area contributed by atoms with Gasteiger partial charge in [-0.2, -0.15) is 0 Å². The van der Waals surface area contributed by atoms with Gasteiger partial charge < -0.3 is 19.7 Å². The number of phenolic OH excluding ortho intramolecular Hbond substituents is 1. The van der Waals surface area contributed by atoms with Gasteiger partial charge in [0.15, 0.2) is 0 Å². The van der Waals surface area contributed by atoms with Crippen LogP contribution in [0.3, 0.4) is 0 Å². The van der Waals surface area contributed by atoms with Gasteiger partial charge in [-0.3, -0.25) is 14.5 Å². The summed E-state index contributed by atoms with van der Waals surface area (Å²) in [6, 6.07) is 1.57. The predicted molar refractivity (Wildman–Crippen MR) is 126 cm³/mol. The van der Waals surface area contributed by atoms with E-state index in [1.54, 1.807) is 13.1 Å². The van der Waals surface area contributed by atoms with Crippen molar-refractivity contribution in [2.75, 3.05) is 19.8 Å². The Bertz CT molecular complexity index is 1170. The van der Waals surface area contributed by atoms with Crippen molar-refractivity contribution < 1.29 is 19.4 Å². The average molecular weight is 476 g/mol. The first kappa shape index (κ1) is 23.6. The predicted octanol–water partition coefficient (Wildman–Crippen LogP) is 3.67. The van der Waals surface area contributed by atoms with Crippen molar-refractivity contribution in [1.29, 1.82) is 0 Å². The SMILES string of the molecule is CCOC(=O)c1cn(C2CC2)c2c(Cl)c(C3(CC)CCCN3CNC(C)=O)c(O)cc2c1=O. The van der Waals surface area contributed by atoms with Crippen LogP contribution < -0.4 is 10.7 Å². The number of fused-ring (bicyclic) bond motifs is 1. The topological polar surface area (TPSA) is 101 Å². The number of halogens is 1. The second kappa shape index (κ2) is 8.99. The molecule has 1 atom stereocenters. The van der Waals surface area contributed by atoms with Gasteiger partial charge in [0.2, 0.25) is 11.3 Å². The van der Waals surface area contributed by atoms with E-state index in [4.69, 9.17) is 16.3 Å². The highest BCUT2D eigenvalue weighted by Gasteiger charge is 2.45. The van der Waals surface area contributed by atoms with Crippen LogP contribution in [-0.4, -0.2) is 46.3 Å². The number of carbonyl (C=O) groups excluding carboxylic acids is 2. The van der Waals surface area contributed by atoms with Gasteiger partial charge in [-0.1, -0.05) is 18.5 Å². The Balaban J connectivity index is 1.95. The lowest BCUT2D eigenvalue weighted by Gasteiger charge is -2.39. The minimum absolute atomic E-state index is 0.0576. The molecular weight excluding hydrogens is 446 g/mol. The van der Waals surface area contributed by atoms with Gasteiger partial charge in [-0.25, -0.2) is 4.79 Å². The van der Waals surface area contributed by atoms with E-state index in [2.05, 4.69) is 10.2 Å². The fraction of sp³-hybridized carbons (Fsp3) is 0.542. The first-order valence-corrected chi connectivity index (χ1v) is 11.9. The lowest BCUT2D eigenvalue weighted by Crippen LogP contribution is -2.46. The molecule has 1 aromatic carbocycles. The number of ether oxygens (including phenoxy) is 1. The molecular formula is C24H30ClN3O5. The molecule has 2 N–H and O–H groups in total. The van der Waals surface area contributed by atoms with Crippen molar-refractivity contribution in [3.05, 3.63) is 38.6 Å². The highest BCUT2D eigenvalue weighted by molar-refractivity contribution is 6.36. The Morgan fingerprint density at radius 3 is 2.67 bits per heavy atom. The first-order chi connectivity index (χ1) is 15.7. The van der Waals surface area contributed by atoms with Gasteiger partial charge in [-0.15, -0.1) is 0 Å². The summed E-state index contributed by atoms with van der Waals surface area (Å²) in [5, 5.41) is 14.6. The molecule has 1 saturated carbocycles. The molecule has 2 fully saturated rings. The summed E-state index contributed by atoms with van der Waals surface area (Å²) in [6.45, 7) is 6.44. The average Bonchev–Trinajstić information content (AvgIpc) is 3.53. The van der Waals surface area contributed by atoms with Gasteiger partial charge in [0.25, 0.3) is 0 Å². The van der Waals surface area contributed by atoms with E-state index in [0.717, 1.165) is 32.2 Å². The summed E-state index contributed by atoms with van der Waals surface area (Å²) in [5.74, 6) is -0.889. The number of aromatic hydroxyl groups is 1. The monoisotopic (exact) mass is 475 g/mol. The van der Waals surface area contributed by atoms with E-state index in [-0.39, 0.29) is 35.3 Å². The Kier molecular flexibility index (Phi) is 6.42. The normalized spacial score (nSPS) is 20.8. The molecule has 1 aromatic heterocycles. The fourth-order valence-electron chi connectivity index (χ4n) is 5.13. The van der Waals surface area contributed by atoms with E-state index in [1.807, 2.05) is 11.5 Å². The Morgan fingerprint density at radius 1 is 1.33 bits per heavy atom. The molecule has 0 bridgehead atoms. The third kappa shape index (κ3) is 3.99. The molecule has 2 aromatic rings. The Labute approximate surface area is 197 Å². The van der Waals surface area contributed by atoms with Crippen LogP contribution in [0.15, 0.2) is 17.1 Å². The quantitative estimate of drug-likeness (QED) is 0.592. The molecule has 0 radical (unpaired) electrons. The summed E-state index contributed by atoms with van der Waals surface area (Å²) in [5.41, 5.74) is -0.0416. The number of hydrogen-bond acceptors (Lipinski definition) is 6. The number of nitrogens with zero attached hydrogens (tertiary/aromatic N) is 2. The van der Waals surface area contributed by atoms with E-state index < -0.39 is 16.9 Å². The molecule has 178 valence electrons. The zero-order valence-corrected chi connectivity index (χ0v) is 20.0. The minimum Gasteiger partial charge on any atom is -0.508 e. The third-order valence-corrected chi connectivity index (χ3v) is 7.23. The highest BCUT2D eigenvalue weighted by atomic mass is 35.5. The van der Waals surface area contributed by atoms with Crippen molar-refractivity contribution >= 4 is 34.4 Å². The van der Waals surface area contributed by atoms with Gasteiger partial charge >= 0.3 is 5.97 Å². The van der Waals surface area contributed by atoms with E-state index >= 15 is 0 Å². The standard InChI is InChI=1S/C24H30ClN3O5/c1-4-24(9-6-10-27(24)13-26-14(3)29)19-18(30)11-16-21(20(19)25)28(15-7-8-15)12-17(22(16)31)23(32)33-5-2/h11-12,15,30H,4-10,13H2,1-3H3,(H,26,29). The second-order valence-electron chi connectivity index (χ2n) is 8.85. The molecule has 1 aliphatic heterocycles. The van der Waals surface area contributed by atoms with Gasteiger partial charge in [0.05, 0.1) is 34.7 Å². The number of likely N-dealkylation sites (tertiary alicyclic amines) is 1. The van der Waals surface area contributed by atoms with Crippen molar-refractivity contribution in [1.82, 2.24) is 14.8 Å². The van der Waals surface area contributed by atoms with Crippen LogP contribution in [-0.2, 0) is 15.1 Å². The van der Waals surface area contributed by atoms with Gasteiger partial charge in [0.1, 0.15) is 11.3 Å². The van der Waals surface area contributed by atoms with Crippen LogP contribution >= 0.6 is 11.6 Å². The largest absolute Gasteiger partial charge is 0.508 e. The number of amides is 1. The molecule has 4 rings (SSSR count). The maximum absolute atomic E-state index is 13.2. The van der Waals surface area contributed by atoms with Crippen LogP contribution in [0.1, 0.15) is 74.8 Å². The molecule has 8 nitrogen and oxygen atoms in total. The second-order valence-corrected chi connectivity index (χ2v) is 9.23. The van der Waals surface area contributed by atoms with Crippen LogP contribution in [0.25, 0.3) is 10.9 Å². The smallest absolute Gasteiger partial charge is 0.343 e. The van der Waals surface area contributed by atoms with Gasteiger partial charge in [0, 0.05) is 31.3 Å². The molecule has 1 aliphatic carbocycles. The number of nitrogens with one attached hydrogen (secondary N) is 1.